The molecule has 0 amide bonds. The monoisotopic (exact) mass is 356 g/mol. The van der Waals surface area contributed by atoms with Crippen molar-refractivity contribution in [3.05, 3.63) is 11.6 Å². The standard InChI is InChI=1S/C20H36O5/c1-16(14-24-19-7-3-4-13-23-19)6-5-11-20(2)18(22)9-8-17(10-12-21)15-25-20/h10,16,18-19,21-22H,3-9,11-15H2,1-2H3/b17-10+/t16?,18-,19?,20+/m1/s1. The normalized spacial score (nSPS) is 34.0. The van der Waals surface area contributed by atoms with Crippen molar-refractivity contribution >= 4 is 0 Å². The van der Waals surface area contributed by atoms with Crippen LogP contribution in [-0.2, 0) is 14.2 Å². The van der Waals surface area contributed by atoms with Crippen molar-refractivity contribution in [3.8, 4) is 0 Å². The van der Waals surface area contributed by atoms with Crippen LogP contribution in [0.15, 0.2) is 11.6 Å². The third-order valence-corrected chi connectivity index (χ3v) is 5.49. The zero-order valence-electron chi connectivity index (χ0n) is 15.9. The zero-order valence-corrected chi connectivity index (χ0v) is 15.9. The van der Waals surface area contributed by atoms with Gasteiger partial charge in [-0.05, 0) is 63.4 Å². The fourth-order valence-corrected chi connectivity index (χ4v) is 3.58. The number of ether oxygens (including phenoxy) is 3. The Morgan fingerprint density at radius 1 is 1.36 bits per heavy atom. The summed E-state index contributed by atoms with van der Waals surface area (Å²) >= 11 is 0. The van der Waals surface area contributed by atoms with Gasteiger partial charge < -0.3 is 24.4 Å². The van der Waals surface area contributed by atoms with Gasteiger partial charge in [-0.2, -0.15) is 0 Å². The van der Waals surface area contributed by atoms with E-state index >= 15 is 0 Å². The van der Waals surface area contributed by atoms with Gasteiger partial charge in [0.25, 0.3) is 0 Å². The smallest absolute Gasteiger partial charge is 0.157 e. The van der Waals surface area contributed by atoms with Gasteiger partial charge in [0.1, 0.15) is 0 Å². The molecule has 0 saturated carbocycles. The summed E-state index contributed by atoms with van der Waals surface area (Å²) in [5.74, 6) is 0.474. The average Bonchev–Trinajstić information content (AvgIpc) is 2.75. The van der Waals surface area contributed by atoms with Crippen LogP contribution >= 0.6 is 0 Å². The molecule has 2 aliphatic rings. The molecule has 0 aromatic heterocycles. The first-order valence-electron chi connectivity index (χ1n) is 9.87. The summed E-state index contributed by atoms with van der Waals surface area (Å²) in [4.78, 5) is 0. The van der Waals surface area contributed by atoms with Crippen LogP contribution in [0, 0.1) is 5.92 Å². The molecule has 2 N–H and O–H groups in total. The maximum atomic E-state index is 10.5. The lowest BCUT2D eigenvalue weighted by atomic mass is 9.88. The minimum Gasteiger partial charge on any atom is -0.392 e. The molecule has 0 bridgehead atoms. The highest BCUT2D eigenvalue weighted by molar-refractivity contribution is 5.06. The highest BCUT2D eigenvalue weighted by atomic mass is 16.7. The number of rotatable bonds is 8. The maximum Gasteiger partial charge on any atom is 0.157 e. The van der Waals surface area contributed by atoms with Crippen molar-refractivity contribution in [2.24, 2.45) is 5.92 Å². The van der Waals surface area contributed by atoms with Crippen LogP contribution < -0.4 is 0 Å². The molecule has 0 spiro atoms. The molecule has 2 unspecified atom stereocenters. The van der Waals surface area contributed by atoms with Crippen LogP contribution in [0.1, 0.15) is 65.2 Å². The van der Waals surface area contributed by atoms with E-state index in [9.17, 15) is 5.11 Å². The first-order valence-corrected chi connectivity index (χ1v) is 9.87. The Labute approximate surface area is 152 Å². The third kappa shape index (κ3) is 6.99. The van der Waals surface area contributed by atoms with E-state index in [4.69, 9.17) is 19.3 Å². The van der Waals surface area contributed by atoms with Gasteiger partial charge in [-0.25, -0.2) is 0 Å². The largest absolute Gasteiger partial charge is 0.392 e. The van der Waals surface area contributed by atoms with Crippen LogP contribution in [0.4, 0.5) is 0 Å². The Morgan fingerprint density at radius 2 is 2.20 bits per heavy atom. The Balaban J connectivity index is 1.68. The molecule has 2 heterocycles. The quantitative estimate of drug-likeness (QED) is 0.654. The third-order valence-electron chi connectivity index (χ3n) is 5.49. The van der Waals surface area contributed by atoms with Gasteiger partial charge in [0, 0.05) is 6.61 Å². The Hall–Kier alpha value is -0.460. The van der Waals surface area contributed by atoms with Crippen molar-refractivity contribution in [1.82, 2.24) is 0 Å². The van der Waals surface area contributed by atoms with E-state index in [1.54, 1.807) is 6.08 Å². The molecular formula is C20H36O5. The van der Waals surface area contributed by atoms with E-state index in [1.165, 1.54) is 6.42 Å². The number of aliphatic hydroxyl groups is 2. The van der Waals surface area contributed by atoms with Crippen molar-refractivity contribution in [3.63, 3.8) is 0 Å². The van der Waals surface area contributed by atoms with Crippen LogP contribution in [0.25, 0.3) is 0 Å². The minimum absolute atomic E-state index is 0.0162. The number of hydrogen-bond acceptors (Lipinski definition) is 5. The molecule has 2 fully saturated rings. The summed E-state index contributed by atoms with van der Waals surface area (Å²) in [5, 5.41) is 19.5. The summed E-state index contributed by atoms with van der Waals surface area (Å²) < 4.78 is 17.5. The van der Waals surface area contributed by atoms with Crippen molar-refractivity contribution in [2.75, 3.05) is 26.4 Å². The van der Waals surface area contributed by atoms with Crippen molar-refractivity contribution in [2.45, 2.75) is 83.2 Å². The van der Waals surface area contributed by atoms with Gasteiger partial charge in [0.2, 0.25) is 0 Å². The fourth-order valence-electron chi connectivity index (χ4n) is 3.58. The van der Waals surface area contributed by atoms with E-state index < -0.39 is 11.7 Å². The Kier molecular flexibility index (Phi) is 8.87. The van der Waals surface area contributed by atoms with E-state index in [0.29, 0.717) is 18.9 Å². The number of hydrogen-bond donors (Lipinski definition) is 2. The lowest BCUT2D eigenvalue weighted by Gasteiger charge is -2.33. The predicted octanol–water partition coefficient (Wildman–Crippen LogP) is 3.18. The second-order valence-corrected chi connectivity index (χ2v) is 7.83. The second-order valence-electron chi connectivity index (χ2n) is 7.83. The van der Waals surface area contributed by atoms with Gasteiger partial charge in [0.05, 0.1) is 31.5 Å². The van der Waals surface area contributed by atoms with Crippen LogP contribution in [0.3, 0.4) is 0 Å². The van der Waals surface area contributed by atoms with Crippen LogP contribution in [0.5, 0.6) is 0 Å². The Bertz CT molecular complexity index is 405. The van der Waals surface area contributed by atoms with Gasteiger partial charge >= 0.3 is 0 Å². The summed E-state index contributed by atoms with van der Waals surface area (Å²) in [5.41, 5.74) is 0.581. The van der Waals surface area contributed by atoms with E-state index in [1.807, 2.05) is 6.92 Å². The molecule has 0 aliphatic carbocycles. The van der Waals surface area contributed by atoms with Crippen molar-refractivity contribution in [1.29, 1.82) is 0 Å². The summed E-state index contributed by atoms with van der Waals surface area (Å²) in [6, 6.07) is 0. The van der Waals surface area contributed by atoms with Gasteiger partial charge in [-0.1, -0.05) is 19.4 Å². The SMILES string of the molecule is CC(CCC[C@]1(C)OC/C(=C/CO)CC[C@H]1O)COC1CCCCO1. The molecule has 2 saturated heterocycles. The molecule has 2 aliphatic heterocycles. The average molecular weight is 357 g/mol. The molecule has 0 aromatic rings. The van der Waals surface area contributed by atoms with Crippen molar-refractivity contribution < 1.29 is 24.4 Å². The first-order chi connectivity index (χ1) is 12.0. The summed E-state index contributed by atoms with van der Waals surface area (Å²) in [6.07, 6.45) is 9.05. The highest BCUT2D eigenvalue weighted by Crippen LogP contribution is 2.31. The topological polar surface area (TPSA) is 68.2 Å². The second kappa shape index (κ2) is 10.6. The molecule has 4 atom stereocenters. The predicted molar refractivity (Wildman–Crippen MR) is 97.3 cm³/mol. The van der Waals surface area contributed by atoms with Gasteiger partial charge in [-0.15, -0.1) is 0 Å². The van der Waals surface area contributed by atoms with Crippen LogP contribution in [-0.4, -0.2) is 54.6 Å². The van der Waals surface area contributed by atoms with E-state index in [-0.39, 0.29) is 12.9 Å². The zero-order chi connectivity index (χ0) is 18.1. The highest BCUT2D eigenvalue weighted by Gasteiger charge is 2.35. The summed E-state index contributed by atoms with van der Waals surface area (Å²) in [7, 11) is 0. The van der Waals surface area contributed by atoms with E-state index in [2.05, 4.69) is 6.92 Å². The molecule has 2 rings (SSSR count). The molecule has 0 radical (unpaired) electrons. The molecule has 0 aromatic carbocycles. The maximum absolute atomic E-state index is 10.5. The summed E-state index contributed by atoms with van der Waals surface area (Å²) in [6.45, 7) is 6.31. The number of aliphatic hydroxyl groups excluding tert-OH is 2. The van der Waals surface area contributed by atoms with Gasteiger partial charge in [0.15, 0.2) is 6.29 Å². The van der Waals surface area contributed by atoms with E-state index in [0.717, 1.165) is 57.3 Å². The Morgan fingerprint density at radius 3 is 2.92 bits per heavy atom. The van der Waals surface area contributed by atoms with Crippen LogP contribution in [0.2, 0.25) is 0 Å². The minimum atomic E-state index is -0.502. The molecule has 25 heavy (non-hydrogen) atoms. The lowest BCUT2D eigenvalue weighted by molar-refractivity contribution is -0.168. The lowest BCUT2D eigenvalue weighted by Crippen LogP contribution is -2.41. The first kappa shape index (κ1) is 20.8. The van der Waals surface area contributed by atoms with Gasteiger partial charge in [-0.3, -0.25) is 0 Å². The molecule has 5 heteroatoms. The molecular weight excluding hydrogens is 320 g/mol. The molecule has 5 nitrogen and oxygen atoms in total. The fraction of sp³-hybridized carbons (Fsp3) is 0.900. The molecule has 146 valence electrons.